The molecule has 2 nitrogen and oxygen atoms in total. The predicted molar refractivity (Wildman–Crippen MR) is 116 cm³/mol. The molecule has 27 heavy (non-hydrogen) atoms. The number of Topliss-reactive ketones (excluding diaryl/α,β-unsaturated/α-hetero) is 2. The summed E-state index contributed by atoms with van der Waals surface area (Å²) in [6, 6.07) is 0. The third kappa shape index (κ3) is 2.99. The van der Waals surface area contributed by atoms with E-state index in [2.05, 4.69) is 36.5 Å². The molecule has 5 unspecified atom stereocenters. The predicted octanol–water partition coefficient (Wildman–Crippen LogP) is 5.90. The van der Waals surface area contributed by atoms with Crippen LogP contribution in [-0.2, 0) is 9.59 Å². The summed E-state index contributed by atoms with van der Waals surface area (Å²) in [6.07, 6.45) is 10.5. The van der Waals surface area contributed by atoms with Gasteiger partial charge in [-0.1, -0.05) is 32.4 Å². The monoisotopic (exact) mass is 406 g/mol. The molecule has 1 saturated heterocycles. The number of rotatable bonds is 1. The Morgan fingerprint density at radius 1 is 1.07 bits per heavy atom. The Morgan fingerprint density at radius 2 is 1.81 bits per heavy atom. The summed E-state index contributed by atoms with van der Waals surface area (Å²) in [5.74, 6) is 5.05. The Bertz CT molecular complexity index is 649. The molecule has 3 saturated carbocycles. The van der Waals surface area contributed by atoms with E-state index in [9.17, 15) is 9.59 Å². The van der Waals surface area contributed by atoms with E-state index in [-0.39, 0.29) is 11.3 Å². The minimum atomic E-state index is -0.285. The quantitative estimate of drug-likeness (QED) is 0.508. The van der Waals surface area contributed by atoms with Crippen molar-refractivity contribution >= 4 is 35.1 Å². The summed E-state index contributed by atoms with van der Waals surface area (Å²) >= 11 is 4.25. The molecule has 4 fully saturated rings. The average molecular weight is 407 g/mol. The van der Waals surface area contributed by atoms with Crippen molar-refractivity contribution in [1.82, 2.24) is 0 Å². The van der Waals surface area contributed by atoms with Crippen LogP contribution < -0.4 is 0 Å². The Kier molecular flexibility index (Phi) is 5.61. The molecule has 4 aliphatic carbocycles. The molecule has 0 N–H and O–H groups in total. The van der Waals surface area contributed by atoms with E-state index in [1.54, 1.807) is 5.57 Å². The van der Waals surface area contributed by atoms with Crippen LogP contribution in [0.3, 0.4) is 0 Å². The van der Waals surface area contributed by atoms with E-state index >= 15 is 0 Å². The number of allylic oxidation sites excluding steroid dienone is 1. The second kappa shape index (κ2) is 7.55. The zero-order valence-electron chi connectivity index (χ0n) is 17.1. The number of hydrogen-bond acceptors (Lipinski definition) is 4. The van der Waals surface area contributed by atoms with Crippen molar-refractivity contribution in [3.63, 3.8) is 0 Å². The molecule has 5 atom stereocenters. The molecule has 0 aromatic carbocycles. The first-order chi connectivity index (χ1) is 13.1. The fraction of sp³-hybridized carbons (Fsp3) is 0.826. The third-order valence-corrected chi connectivity index (χ3v) is 11.5. The van der Waals surface area contributed by atoms with Gasteiger partial charge in [0.1, 0.15) is 11.6 Å². The minimum absolute atomic E-state index is 0.226. The van der Waals surface area contributed by atoms with Gasteiger partial charge in [-0.05, 0) is 56.3 Å². The number of ketones is 2. The Balaban J connectivity index is 0.000000872. The number of hydrogen-bond donors (Lipinski definition) is 0. The normalized spacial score (nSPS) is 42.0. The van der Waals surface area contributed by atoms with E-state index in [0.717, 1.165) is 25.7 Å². The van der Waals surface area contributed by atoms with Crippen molar-refractivity contribution in [3.8, 4) is 0 Å². The maximum Gasteiger partial charge on any atom is 0.139 e. The van der Waals surface area contributed by atoms with Crippen LogP contribution in [0.1, 0.15) is 72.1 Å². The standard InChI is InChI=1S/C21H28O2S2.C2H6/c1-2-20-12-17(22)19-14-7-8-21(24-9-10-25-21)11-13(14)3-4-15(19)16(20)5-6-18(20)23;1-2/h11,14-16,19H,2-10,12H2,1H3;1-2H3. The molecule has 0 bridgehead atoms. The van der Waals surface area contributed by atoms with Crippen LogP contribution in [0.25, 0.3) is 0 Å². The first-order valence-corrected chi connectivity index (χ1v) is 13.1. The van der Waals surface area contributed by atoms with Gasteiger partial charge in [-0.15, -0.1) is 23.5 Å². The highest BCUT2D eigenvalue weighted by molar-refractivity contribution is 8.21. The molecular weight excluding hydrogens is 372 g/mol. The second-order valence-corrected chi connectivity index (χ2v) is 11.9. The molecule has 0 amide bonds. The number of carbonyl (C=O) groups is 2. The van der Waals surface area contributed by atoms with Crippen molar-refractivity contribution < 1.29 is 9.59 Å². The molecule has 5 rings (SSSR count). The molecule has 0 aromatic heterocycles. The Hall–Kier alpha value is -0.220. The fourth-order valence-corrected chi connectivity index (χ4v) is 10.2. The summed E-state index contributed by atoms with van der Waals surface area (Å²) in [4.78, 5) is 25.9. The van der Waals surface area contributed by atoms with Gasteiger partial charge >= 0.3 is 0 Å². The van der Waals surface area contributed by atoms with Gasteiger partial charge in [-0.3, -0.25) is 9.59 Å². The highest BCUT2D eigenvalue weighted by Crippen LogP contribution is 2.63. The molecule has 0 radical (unpaired) electrons. The van der Waals surface area contributed by atoms with Gasteiger partial charge in [0, 0.05) is 35.7 Å². The maximum atomic E-state index is 13.3. The summed E-state index contributed by atoms with van der Waals surface area (Å²) in [6.45, 7) is 6.14. The van der Waals surface area contributed by atoms with Crippen molar-refractivity contribution in [3.05, 3.63) is 11.6 Å². The first kappa shape index (κ1) is 20.1. The highest BCUT2D eigenvalue weighted by atomic mass is 32.2. The van der Waals surface area contributed by atoms with Gasteiger partial charge in [-0.2, -0.15) is 0 Å². The van der Waals surface area contributed by atoms with Crippen LogP contribution in [-0.4, -0.2) is 27.2 Å². The lowest BCUT2D eigenvalue weighted by molar-refractivity contribution is -0.147. The van der Waals surface area contributed by atoms with Gasteiger partial charge < -0.3 is 0 Å². The second-order valence-electron chi connectivity index (χ2n) is 8.82. The molecule has 4 heteroatoms. The Morgan fingerprint density at radius 3 is 2.52 bits per heavy atom. The summed E-state index contributed by atoms with van der Waals surface area (Å²) in [5, 5.41) is 0. The van der Waals surface area contributed by atoms with E-state index in [0.29, 0.717) is 39.8 Å². The van der Waals surface area contributed by atoms with Crippen LogP contribution in [0.15, 0.2) is 11.6 Å². The number of carbonyl (C=O) groups excluding carboxylic acids is 2. The molecule has 150 valence electrons. The third-order valence-electron chi connectivity index (χ3n) is 8.08. The average Bonchev–Trinajstić information content (AvgIpc) is 3.28. The van der Waals surface area contributed by atoms with Gasteiger partial charge in [0.15, 0.2) is 0 Å². The Labute approximate surface area is 173 Å². The molecule has 0 aromatic rings. The minimum Gasteiger partial charge on any atom is -0.299 e. The van der Waals surface area contributed by atoms with Gasteiger partial charge in [0.2, 0.25) is 0 Å². The lowest BCUT2D eigenvalue weighted by Crippen LogP contribution is -2.52. The topological polar surface area (TPSA) is 34.1 Å². The number of thioether (sulfide) groups is 2. The van der Waals surface area contributed by atoms with Crippen LogP contribution >= 0.6 is 23.5 Å². The van der Waals surface area contributed by atoms with Gasteiger partial charge in [0.05, 0.1) is 4.08 Å². The lowest BCUT2D eigenvalue weighted by atomic mass is 9.51. The molecule has 1 aliphatic heterocycles. The van der Waals surface area contributed by atoms with Crippen molar-refractivity contribution in [2.75, 3.05) is 11.5 Å². The van der Waals surface area contributed by atoms with Crippen molar-refractivity contribution in [2.24, 2.45) is 29.1 Å². The van der Waals surface area contributed by atoms with Gasteiger partial charge in [-0.25, -0.2) is 0 Å². The van der Waals surface area contributed by atoms with Crippen LogP contribution in [0.5, 0.6) is 0 Å². The lowest BCUT2D eigenvalue weighted by Gasteiger charge is -2.52. The zero-order chi connectivity index (χ0) is 19.2. The molecule has 1 spiro atoms. The van der Waals surface area contributed by atoms with Crippen LogP contribution in [0.2, 0.25) is 0 Å². The summed E-state index contributed by atoms with van der Waals surface area (Å²) in [5.41, 5.74) is 1.31. The van der Waals surface area contributed by atoms with E-state index in [1.165, 1.54) is 30.8 Å². The summed E-state index contributed by atoms with van der Waals surface area (Å²) in [7, 11) is 0. The zero-order valence-corrected chi connectivity index (χ0v) is 18.7. The van der Waals surface area contributed by atoms with E-state index < -0.39 is 0 Å². The number of fused-ring (bicyclic) bond motifs is 5. The van der Waals surface area contributed by atoms with E-state index in [4.69, 9.17) is 0 Å². The first-order valence-electron chi connectivity index (χ1n) is 11.1. The highest BCUT2D eigenvalue weighted by Gasteiger charge is 2.61. The molecule has 5 aliphatic rings. The van der Waals surface area contributed by atoms with Gasteiger partial charge in [0.25, 0.3) is 0 Å². The van der Waals surface area contributed by atoms with Crippen LogP contribution in [0.4, 0.5) is 0 Å². The molecule has 1 heterocycles. The SMILES string of the molecule is CC.CCC12CC(=O)C3C4CCC5(C=C4CCC3C1CCC2=O)SCCS5. The fourth-order valence-electron chi connectivity index (χ4n) is 6.98. The smallest absolute Gasteiger partial charge is 0.139 e. The van der Waals surface area contributed by atoms with Crippen molar-refractivity contribution in [2.45, 2.75) is 76.2 Å². The summed E-state index contributed by atoms with van der Waals surface area (Å²) < 4.78 is 0.326. The molecular formula is C23H34O2S2. The van der Waals surface area contributed by atoms with Crippen LogP contribution in [0, 0.1) is 29.1 Å². The van der Waals surface area contributed by atoms with Crippen molar-refractivity contribution in [1.29, 1.82) is 0 Å². The largest absolute Gasteiger partial charge is 0.299 e. The van der Waals surface area contributed by atoms with E-state index in [1.807, 2.05) is 13.8 Å². The maximum absolute atomic E-state index is 13.3.